The molecule has 0 radical (unpaired) electrons. The molecule has 1 aliphatic heterocycles. The molecule has 6 nitrogen and oxygen atoms in total. The first kappa shape index (κ1) is 24.1. The van der Waals surface area contributed by atoms with E-state index in [0.29, 0.717) is 13.1 Å². The van der Waals surface area contributed by atoms with Crippen LogP contribution in [0.15, 0.2) is 45.6 Å². The number of morpholine rings is 1. The van der Waals surface area contributed by atoms with E-state index in [0.717, 1.165) is 16.9 Å². The molecule has 0 spiro atoms. The Morgan fingerprint density at radius 3 is 2.32 bits per heavy atom. The average molecular weight is 478 g/mol. The molecule has 2 aromatic carbocycles. The van der Waals surface area contributed by atoms with Crippen molar-refractivity contribution in [1.82, 2.24) is 0 Å². The second kappa shape index (κ2) is 9.31. The van der Waals surface area contributed by atoms with Gasteiger partial charge >= 0.3 is 6.18 Å². The van der Waals surface area contributed by atoms with Crippen molar-refractivity contribution in [2.24, 2.45) is 0 Å². The predicted molar refractivity (Wildman–Crippen MR) is 119 cm³/mol. The summed E-state index contributed by atoms with van der Waals surface area (Å²) in [6.07, 6.45) is -4.33. The van der Waals surface area contributed by atoms with Gasteiger partial charge in [-0.3, -0.25) is 4.79 Å². The molecule has 182 valence electrons. The SMILES string of the molecule is CCc1ccc(Oc2c(C(F)(F)F)oc3c(C[NH+]4C[C@@H](C)O[C@@H](C)C4)c(O)ccc3c2=O)cc1. The largest absolute Gasteiger partial charge is 0.507 e. The van der Waals surface area contributed by atoms with Crippen LogP contribution < -0.4 is 15.1 Å². The van der Waals surface area contributed by atoms with Crippen LogP contribution in [0, 0.1) is 0 Å². The number of halogens is 3. The van der Waals surface area contributed by atoms with Gasteiger partial charge in [-0.05, 0) is 50.1 Å². The van der Waals surface area contributed by atoms with Crippen LogP contribution in [0.5, 0.6) is 17.2 Å². The molecule has 2 N–H and O–H groups in total. The van der Waals surface area contributed by atoms with Crippen LogP contribution in [0.1, 0.15) is 37.7 Å². The maximum Gasteiger partial charge on any atom is 0.453 e. The first-order valence-corrected chi connectivity index (χ1v) is 11.2. The van der Waals surface area contributed by atoms with Gasteiger partial charge < -0.3 is 23.9 Å². The molecule has 0 aliphatic carbocycles. The van der Waals surface area contributed by atoms with Gasteiger partial charge in [0.2, 0.25) is 11.2 Å². The van der Waals surface area contributed by atoms with Crippen LogP contribution in [-0.4, -0.2) is 30.4 Å². The summed E-state index contributed by atoms with van der Waals surface area (Å²) in [5.41, 5.74) is -0.114. The average Bonchev–Trinajstić information content (AvgIpc) is 2.76. The van der Waals surface area contributed by atoms with Gasteiger partial charge in [0.25, 0.3) is 5.76 Å². The number of phenolic OH excluding ortho intramolecular Hbond substituents is 1. The Morgan fingerprint density at radius 2 is 1.74 bits per heavy atom. The number of phenols is 1. The first-order chi connectivity index (χ1) is 16.1. The summed E-state index contributed by atoms with van der Waals surface area (Å²) in [6, 6.07) is 9.01. The molecular formula is C25H27F3NO5+. The summed E-state index contributed by atoms with van der Waals surface area (Å²) in [5.74, 6) is -2.60. The standard InChI is InChI=1S/C25H26F3NO5/c1-4-16-5-7-17(8-6-16)33-23-21(31)18-9-10-20(30)19(22(18)34-24(23)25(26,27)28)13-29-11-14(2)32-15(3)12-29/h5-10,14-15,30H,4,11-13H2,1-3H3/p+1/t14-,15+. The van der Waals surface area contributed by atoms with Gasteiger partial charge in [0, 0.05) is 0 Å². The highest BCUT2D eigenvalue weighted by Gasteiger charge is 2.41. The number of nitrogens with one attached hydrogen (secondary N) is 1. The van der Waals surface area contributed by atoms with Crippen LogP contribution in [0.4, 0.5) is 13.2 Å². The van der Waals surface area contributed by atoms with E-state index >= 15 is 0 Å². The second-order valence-corrected chi connectivity index (χ2v) is 8.72. The fraction of sp³-hybridized carbons (Fsp3) is 0.400. The maximum absolute atomic E-state index is 14.0. The van der Waals surface area contributed by atoms with E-state index in [2.05, 4.69) is 0 Å². The van der Waals surface area contributed by atoms with Gasteiger partial charge in [0.1, 0.15) is 43.3 Å². The minimum absolute atomic E-state index is 0.0484. The van der Waals surface area contributed by atoms with Gasteiger partial charge in [0.15, 0.2) is 5.58 Å². The van der Waals surface area contributed by atoms with E-state index in [1.165, 1.54) is 24.3 Å². The molecule has 3 aromatic rings. The van der Waals surface area contributed by atoms with Crippen LogP contribution in [-0.2, 0) is 23.9 Å². The lowest BCUT2D eigenvalue weighted by atomic mass is 10.1. The van der Waals surface area contributed by atoms with E-state index in [-0.39, 0.29) is 46.8 Å². The van der Waals surface area contributed by atoms with Crippen molar-refractivity contribution >= 4 is 11.0 Å². The Labute approximate surface area is 194 Å². The summed E-state index contributed by atoms with van der Waals surface area (Å²) in [4.78, 5) is 14.2. The van der Waals surface area contributed by atoms with E-state index < -0.39 is 23.1 Å². The molecule has 4 rings (SSSR count). The zero-order valence-electron chi connectivity index (χ0n) is 19.2. The molecule has 1 saturated heterocycles. The predicted octanol–water partition coefficient (Wildman–Crippen LogP) is 4.06. The van der Waals surface area contributed by atoms with Crippen LogP contribution in [0.2, 0.25) is 0 Å². The monoisotopic (exact) mass is 478 g/mol. The molecule has 34 heavy (non-hydrogen) atoms. The number of hydrogen-bond donors (Lipinski definition) is 2. The first-order valence-electron chi connectivity index (χ1n) is 11.2. The summed E-state index contributed by atoms with van der Waals surface area (Å²) in [7, 11) is 0. The highest BCUT2D eigenvalue weighted by molar-refractivity contribution is 5.83. The number of aromatic hydroxyl groups is 1. The Hall–Kier alpha value is -3.04. The molecule has 1 unspecified atom stereocenters. The highest BCUT2D eigenvalue weighted by atomic mass is 19.4. The van der Waals surface area contributed by atoms with Crippen molar-refractivity contribution in [2.45, 2.75) is 52.1 Å². The number of alkyl halides is 3. The molecule has 2 heterocycles. The Balaban J connectivity index is 1.82. The Morgan fingerprint density at radius 1 is 1.09 bits per heavy atom. The number of aryl methyl sites for hydroxylation is 1. The normalized spacial score (nSPS) is 21.1. The minimum Gasteiger partial charge on any atom is -0.507 e. The number of benzene rings is 2. The van der Waals surface area contributed by atoms with Crippen molar-refractivity contribution < 1.29 is 37.1 Å². The molecule has 0 bridgehead atoms. The molecule has 0 amide bonds. The molecule has 1 aromatic heterocycles. The molecule has 3 atom stereocenters. The second-order valence-electron chi connectivity index (χ2n) is 8.72. The van der Waals surface area contributed by atoms with Gasteiger partial charge in [-0.1, -0.05) is 19.1 Å². The third-order valence-corrected chi connectivity index (χ3v) is 5.95. The van der Waals surface area contributed by atoms with Gasteiger partial charge in [-0.2, -0.15) is 13.2 Å². The lowest BCUT2D eigenvalue weighted by molar-refractivity contribution is -0.928. The molecular weight excluding hydrogens is 451 g/mol. The van der Waals surface area contributed by atoms with Crippen molar-refractivity contribution in [3.63, 3.8) is 0 Å². The van der Waals surface area contributed by atoms with Gasteiger partial charge in [0.05, 0.1) is 10.9 Å². The van der Waals surface area contributed by atoms with E-state index in [9.17, 15) is 23.1 Å². The van der Waals surface area contributed by atoms with Crippen molar-refractivity contribution in [3.05, 3.63) is 63.5 Å². The topological polar surface area (TPSA) is 73.3 Å². The van der Waals surface area contributed by atoms with Crippen molar-refractivity contribution in [2.75, 3.05) is 13.1 Å². The summed E-state index contributed by atoms with van der Waals surface area (Å²) < 4.78 is 58.4. The minimum atomic E-state index is -4.98. The smallest absolute Gasteiger partial charge is 0.453 e. The third-order valence-electron chi connectivity index (χ3n) is 5.95. The Kier molecular flexibility index (Phi) is 6.60. The molecule has 1 fully saturated rings. The summed E-state index contributed by atoms with van der Waals surface area (Å²) in [5, 5.41) is 10.4. The highest BCUT2D eigenvalue weighted by Crippen LogP contribution is 2.39. The lowest BCUT2D eigenvalue weighted by Gasteiger charge is -2.32. The number of fused-ring (bicyclic) bond motifs is 1. The number of ether oxygens (including phenoxy) is 2. The molecule has 9 heteroatoms. The van der Waals surface area contributed by atoms with Crippen molar-refractivity contribution in [1.29, 1.82) is 0 Å². The fourth-order valence-electron chi connectivity index (χ4n) is 4.43. The van der Waals surface area contributed by atoms with E-state index in [1.807, 2.05) is 20.8 Å². The maximum atomic E-state index is 14.0. The van der Waals surface area contributed by atoms with E-state index in [1.54, 1.807) is 12.1 Å². The molecule has 1 aliphatic rings. The lowest BCUT2D eigenvalue weighted by Crippen LogP contribution is -3.14. The Bertz CT molecular complexity index is 1230. The quantitative estimate of drug-likeness (QED) is 0.579. The number of hydrogen-bond acceptors (Lipinski definition) is 5. The fourth-order valence-corrected chi connectivity index (χ4v) is 4.43. The summed E-state index contributed by atoms with van der Waals surface area (Å²) in [6.45, 7) is 7.16. The number of rotatable bonds is 5. The van der Waals surface area contributed by atoms with Crippen LogP contribution in [0.3, 0.4) is 0 Å². The number of quaternary nitrogens is 1. The third kappa shape index (κ3) is 4.90. The zero-order chi connectivity index (χ0) is 24.6. The zero-order valence-corrected chi connectivity index (χ0v) is 19.2. The van der Waals surface area contributed by atoms with Crippen molar-refractivity contribution in [3.8, 4) is 17.2 Å². The molecule has 0 saturated carbocycles. The van der Waals surface area contributed by atoms with Crippen LogP contribution in [0.25, 0.3) is 11.0 Å². The van der Waals surface area contributed by atoms with Gasteiger partial charge in [-0.25, -0.2) is 0 Å². The van der Waals surface area contributed by atoms with Crippen LogP contribution >= 0.6 is 0 Å². The summed E-state index contributed by atoms with van der Waals surface area (Å²) >= 11 is 0. The van der Waals surface area contributed by atoms with Gasteiger partial charge in [-0.15, -0.1) is 0 Å². The van der Waals surface area contributed by atoms with E-state index in [4.69, 9.17) is 13.9 Å².